The lowest BCUT2D eigenvalue weighted by Crippen LogP contribution is -2.34. The average molecular weight is 403 g/mol. The van der Waals surface area contributed by atoms with Crippen LogP contribution in [0.2, 0.25) is 0 Å². The number of amides is 1. The third-order valence-corrected chi connectivity index (χ3v) is 7.48. The molecule has 25 heavy (non-hydrogen) atoms. The van der Waals surface area contributed by atoms with E-state index in [0.29, 0.717) is 15.4 Å². The quantitative estimate of drug-likeness (QED) is 0.719. The SMILES string of the molecule is CCOC(=O)c1sc(NC(=O)CN(C)S(=O)(=O)c2cccs2)cc1C. The van der Waals surface area contributed by atoms with Gasteiger partial charge in [0.2, 0.25) is 5.91 Å². The van der Waals surface area contributed by atoms with Gasteiger partial charge in [-0.2, -0.15) is 4.31 Å². The molecule has 0 bridgehead atoms. The van der Waals surface area contributed by atoms with E-state index in [0.717, 1.165) is 27.0 Å². The molecule has 0 aliphatic carbocycles. The van der Waals surface area contributed by atoms with Gasteiger partial charge in [0.15, 0.2) is 0 Å². The Morgan fingerprint density at radius 3 is 2.68 bits per heavy atom. The minimum atomic E-state index is -3.69. The van der Waals surface area contributed by atoms with Crippen molar-refractivity contribution in [3.63, 3.8) is 0 Å². The summed E-state index contributed by atoms with van der Waals surface area (Å²) in [6, 6.07) is 4.78. The van der Waals surface area contributed by atoms with Crippen LogP contribution in [0.4, 0.5) is 5.00 Å². The second-order valence-electron chi connectivity index (χ2n) is 5.08. The van der Waals surface area contributed by atoms with Crippen LogP contribution in [0.15, 0.2) is 27.8 Å². The highest BCUT2D eigenvalue weighted by molar-refractivity contribution is 7.91. The Balaban J connectivity index is 2.03. The molecule has 0 aliphatic rings. The normalized spacial score (nSPS) is 11.5. The fourth-order valence-electron chi connectivity index (χ4n) is 1.97. The van der Waals surface area contributed by atoms with Gasteiger partial charge in [-0.05, 0) is 36.9 Å². The molecule has 7 nitrogen and oxygen atoms in total. The number of aryl methyl sites for hydroxylation is 1. The minimum Gasteiger partial charge on any atom is -0.462 e. The second kappa shape index (κ2) is 8.09. The third kappa shape index (κ3) is 4.66. The largest absolute Gasteiger partial charge is 0.462 e. The zero-order valence-corrected chi connectivity index (χ0v) is 16.4. The lowest BCUT2D eigenvalue weighted by atomic mass is 10.3. The summed E-state index contributed by atoms with van der Waals surface area (Å²) in [7, 11) is -2.34. The number of anilines is 1. The van der Waals surface area contributed by atoms with Crippen LogP contribution in [0.25, 0.3) is 0 Å². The van der Waals surface area contributed by atoms with Crippen LogP contribution < -0.4 is 5.32 Å². The van der Waals surface area contributed by atoms with E-state index >= 15 is 0 Å². The van der Waals surface area contributed by atoms with Crippen LogP contribution in [0.1, 0.15) is 22.2 Å². The number of nitrogens with zero attached hydrogens (tertiary/aromatic N) is 1. The number of esters is 1. The van der Waals surface area contributed by atoms with Crippen molar-refractivity contribution in [2.45, 2.75) is 18.1 Å². The van der Waals surface area contributed by atoms with Crippen molar-refractivity contribution in [2.75, 3.05) is 25.5 Å². The Morgan fingerprint density at radius 2 is 2.08 bits per heavy atom. The predicted octanol–water partition coefficient (Wildman–Crippen LogP) is 2.55. The van der Waals surface area contributed by atoms with Crippen molar-refractivity contribution < 1.29 is 22.7 Å². The number of hydrogen-bond donors (Lipinski definition) is 1. The summed E-state index contributed by atoms with van der Waals surface area (Å²) in [4.78, 5) is 24.3. The van der Waals surface area contributed by atoms with Crippen LogP contribution >= 0.6 is 22.7 Å². The highest BCUT2D eigenvalue weighted by atomic mass is 32.2. The Morgan fingerprint density at radius 1 is 1.36 bits per heavy atom. The van der Waals surface area contributed by atoms with Gasteiger partial charge in [0.1, 0.15) is 9.09 Å². The van der Waals surface area contributed by atoms with Gasteiger partial charge >= 0.3 is 5.97 Å². The van der Waals surface area contributed by atoms with Gasteiger partial charge in [-0.3, -0.25) is 4.79 Å². The predicted molar refractivity (Wildman–Crippen MR) is 97.8 cm³/mol. The Labute approximate surface area is 154 Å². The summed E-state index contributed by atoms with van der Waals surface area (Å²) in [5.74, 6) is -0.929. The first-order chi connectivity index (χ1) is 11.8. The molecule has 0 saturated heterocycles. The zero-order valence-electron chi connectivity index (χ0n) is 13.9. The summed E-state index contributed by atoms with van der Waals surface area (Å²) >= 11 is 2.19. The summed E-state index contributed by atoms with van der Waals surface area (Å²) in [5.41, 5.74) is 0.693. The number of ether oxygens (including phenoxy) is 1. The van der Waals surface area contributed by atoms with Crippen LogP contribution in [0.5, 0.6) is 0 Å². The molecule has 0 aromatic carbocycles. The third-order valence-electron chi connectivity index (χ3n) is 3.17. The number of rotatable bonds is 7. The molecule has 2 aromatic heterocycles. The number of hydrogen-bond acceptors (Lipinski definition) is 7. The molecular formula is C15H18N2O5S3. The number of nitrogens with one attached hydrogen (secondary N) is 1. The van der Waals surface area contributed by atoms with E-state index in [2.05, 4.69) is 5.32 Å². The van der Waals surface area contributed by atoms with Crippen molar-refractivity contribution in [3.8, 4) is 0 Å². The fraction of sp³-hybridized carbons (Fsp3) is 0.333. The van der Waals surface area contributed by atoms with Crippen LogP contribution in [-0.4, -0.2) is 44.8 Å². The summed E-state index contributed by atoms with van der Waals surface area (Å²) < 4.78 is 30.7. The maximum Gasteiger partial charge on any atom is 0.348 e. The van der Waals surface area contributed by atoms with Crippen molar-refractivity contribution in [1.29, 1.82) is 0 Å². The lowest BCUT2D eigenvalue weighted by molar-refractivity contribution is -0.116. The van der Waals surface area contributed by atoms with Crippen molar-refractivity contribution in [2.24, 2.45) is 0 Å². The molecule has 1 amide bonds. The molecule has 0 spiro atoms. The molecule has 2 aromatic rings. The van der Waals surface area contributed by atoms with Crippen molar-refractivity contribution in [1.82, 2.24) is 4.31 Å². The molecule has 2 heterocycles. The van der Waals surface area contributed by atoms with Crippen molar-refractivity contribution in [3.05, 3.63) is 34.0 Å². The molecule has 0 atom stereocenters. The number of carbonyl (C=O) groups excluding carboxylic acids is 2. The Kier molecular flexibility index (Phi) is 6.33. The molecule has 136 valence electrons. The fourth-order valence-corrected chi connectivity index (χ4v) is 5.28. The smallest absolute Gasteiger partial charge is 0.348 e. The number of likely N-dealkylation sites (N-methyl/N-ethyl adjacent to an activating group) is 1. The first kappa shape index (κ1) is 19.6. The zero-order chi connectivity index (χ0) is 18.6. The van der Waals surface area contributed by atoms with Gasteiger partial charge < -0.3 is 10.1 Å². The number of sulfonamides is 1. The Hall–Kier alpha value is -1.75. The van der Waals surface area contributed by atoms with Gasteiger partial charge in [0.05, 0.1) is 18.2 Å². The van der Waals surface area contributed by atoms with Gasteiger partial charge in [0, 0.05) is 7.05 Å². The van der Waals surface area contributed by atoms with Gasteiger partial charge in [-0.1, -0.05) is 6.07 Å². The van der Waals surface area contributed by atoms with Gasteiger partial charge in [-0.15, -0.1) is 22.7 Å². The maximum atomic E-state index is 12.3. The average Bonchev–Trinajstić information content (AvgIpc) is 3.17. The number of thiophene rings is 2. The summed E-state index contributed by atoms with van der Waals surface area (Å²) in [6.45, 7) is 3.40. The van der Waals surface area contributed by atoms with E-state index in [1.54, 1.807) is 31.4 Å². The monoisotopic (exact) mass is 402 g/mol. The summed E-state index contributed by atoms with van der Waals surface area (Å²) in [6.07, 6.45) is 0. The van der Waals surface area contributed by atoms with Crippen molar-refractivity contribution >= 4 is 49.6 Å². The van der Waals surface area contributed by atoms with Crippen LogP contribution in [-0.2, 0) is 19.6 Å². The number of carbonyl (C=O) groups is 2. The standard InChI is InChI=1S/C15H18N2O5S3/c1-4-22-15(19)14-10(2)8-12(24-14)16-11(18)9-17(3)25(20,21)13-6-5-7-23-13/h5-8H,4,9H2,1-3H3,(H,16,18). The first-order valence-electron chi connectivity index (χ1n) is 7.33. The highest BCUT2D eigenvalue weighted by Crippen LogP contribution is 2.27. The molecule has 0 unspecified atom stereocenters. The van der Waals surface area contributed by atoms with E-state index in [1.165, 1.54) is 13.1 Å². The molecule has 0 saturated carbocycles. The van der Waals surface area contributed by atoms with E-state index < -0.39 is 21.9 Å². The van der Waals surface area contributed by atoms with Crippen LogP contribution in [0.3, 0.4) is 0 Å². The molecular weight excluding hydrogens is 384 g/mol. The van der Waals surface area contributed by atoms with E-state index in [9.17, 15) is 18.0 Å². The molecule has 0 aliphatic heterocycles. The van der Waals surface area contributed by atoms with E-state index in [-0.39, 0.29) is 17.4 Å². The second-order valence-corrected chi connectivity index (χ2v) is 9.36. The summed E-state index contributed by atoms with van der Waals surface area (Å²) in [5, 5.41) is 4.74. The maximum absolute atomic E-state index is 12.3. The molecule has 0 radical (unpaired) electrons. The molecule has 2 rings (SSSR count). The minimum absolute atomic E-state index is 0.180. The topological polar surface area (TPSA) is 92.8 Å². The lowest BCUT2D eigenvalue weighted by Gasteiger charge is -2.15. The highest BCUT2D eigenvalue weighted by Gasteiger charge is 2.24. The molecule has 1 N–H and O–H groups in total. The molecule has 0 fully saturated rings. The van der Waals surface area contributed by atoms with Gasteiger partial charge in [0.25, 0.3) is 10.0 Å². The first-order valence-corrected chi connectivity index (χ1v) is 10.5. The Bertz CT molecular complexity index is 856. The van der Waals surface area contributed by atoms with E-state index in [4.69, 9.17) is 4.74 Å². The van der Waals surface area contributed by atoms with E-state index in [1.807, 2.05) is 0 Å². The van der Waals surface area contributed by atoms with Crippen LogP contribution in [0, 0.1) is 6.92 Å². The molecule has 10 heteroatoms. The van der Waals surface area contributed by atoms with Gasteiger partial charge in [-0.25, -0.2) is 13.2 Å².